The van der Waals surface area contributed by atoms with Crippen molar-refractivity contribution in [2.24, 2.45) is 0 Å². The number of nitrogens with two attached hydrogens (primary N) is 1. The van der Waals surface area contributed by atoms with Crippen molar-refractivity contribution in [2.75, 3.05) is 5.73 Å². The first-order valence-electron chi connectivity index (χ1n) is 5.02. The molecule has 0 spiro atoms. The Morgan fingerprint density at radius 1 is 1.17 bits per heavy atom. The standard InChI is InChI=1S/C12H9F4NO/c1-6-4-8(17)5-7-2-3-9(13)11(10(6)7)18-12(14,15)16/h2-5H,17H2,1H3. The predicted octanol–water partition coefficient (Wildman–Crippen LogP) is 3.77. The second kappa shape index (κ2) is 4.04. The van der Waals surface area contributed by atoms with Crippen LogP contribution in [-0.2, 0) is 0 Å². The fourth-order valence-corrected chi connectivity index (χ4v) is 1.86. The van der Waals surface area contributed by atoms with Crippen molar-refractivity contribution in [3.63, 3.8) is 0 Å². The zero-order valence-electron chi connectivity index (χ0n) is 9.31. The first-order chi connectivity index (χ1) is 8.28. The van der Waals surface area contributed by atoms with E-state index in [1.165, 1.54) is 18.2 Å². The van der Waals surface area contributed by atoms with Gasteiger partial charge in [0, 0.05) is 11.1 Å². The van der Waals surface area contributed by atoms with Gasteiger partial charge in [-0.1, -0.05) is 6.07 Å². The van der Waals surface area contributed by atoms with Gasteiger partial charge in [0.05, 0.1) is 0 Å². The molecule has 0 aliphatic carbocycles. The number of benzene rings is 2. The molecule has 0 fully saturated rings. The van der Waals surface area contributed by atoms with Crippen LogP contribution in [0.1, 0.15) is 5.56 Å². The molecule has 2 N–H and O–H groups in total. The molecule has 0 aliphatic heterocycles. The van der Waals surface area contributed by atoms with Gasteiger partial charge in [0.15, 0.2) is 11.6 Å². The molecule has 0 atom stereocenters. The van der Waals surface area contributed by atoms with Gasteiger partial charge in [-0.25, -0.2) is 4.39 Å². The molecule has 6 heteroatoms. The molecule has 0 saturated carbocycles. The van der Waals surface area contributed by atoms with Gasteiger partial charge in [0.25, 0.3) is 0 Å². The summed E-state index contributed by atoms with van der Waals surface area (Å²) in [6.45, 7) is 1.54. The minimum atomic E-state index is -4.94. The number of fused-ring (bicyclic) bond motifs is 1. The average Bonchev–Trinajstić information content (AvgIpc) is 2.20. The Hall–Kier alpha value is -1.98. The van der Waals surface area contributed by atoms with E-state index in [1.807, 2.05) is 0 Å². The third kappa shape index (κ3) is 2.32. The van der Waals surface area contributed by atoms with Gasteiger partial charge in [-0.05, 0) is 36.1 Å². The maximum Gasteiger partial charge on any atom is 0.573 e. The van der Waals surface area contributed by atoms with Crippen LogP contribution in [0.25, 0.3) is 10.8 Å². The molecule has 0 amide bonds. The minimum Gasteiger partial charge on any atom is -0.402 e. The number of nitrogen functional groups attached to an aromatic ring is 1. The van der Waals surface area contributed by atoms with E-state index in [2.05, 4.69) is 4.74 Å². The Morgan fingerprint density at radius 2 is 1.83 bits per heavy atom. The van der Waals surface area contributed by atoms with Gasteiger partial charge < -0.3 is 10.5 Å². The largest absolute Gasteiger partial charge is 0.573 e. The summed E-state index contributed by atoms with van der Waals surface area (Å²) in [5.74, 6) is -1.88. The Balaban J connectivity index is 2.74. The van der Waals surface area contributed by atoms with Crippen molar-refractivity contribution in [1.82, 2.24) is 0 Å². The quantitative estimate of drug-likeness (QED) is 0.625. The van der Waals surface area contributed by atoms with Crippen LogP contribution in [0.3, 0.4) is 0 Å². The normalized spacial score (nSPS) is 11.8. The highest BCUT2D eigenvalue weighted by atomic mass is 19.4. The molecule has 2 nitrogen and oxygen atoms in total. The van der Waals surface area contributed by atoms with Gasteiger partial charge in [-0.3, -0.25) is 0 Å². The van der Waals surface area contributed by atoms with Gasteiger partial charge in [0.2, 0.25) is 0 Å². The summed E-state index contributed by atoms with van der Waals surface area (Å²) in [4.78, 5) is 0. The summed E-state index contributed by atoms with van der Waals surface area (Å²) in [5, 5.41) is 0.467. The van der Waals surface area contributed by atoms with E-state index in [4.69, 9.17) is 5.73 Å². The van der Waals surface area contributed by atoms with E-state index in [0.29, 0.717) is 16.6 Å². The number of anilines is 1. The molecule has 0 aliphatic rings. The molecule has 18 heavy (non-hydrogen) atoms. The van der Waals surface area contributed by atoms with Gasteiger partial charge in [0.1, 0.15) is 0 Å². The number of halogens is 4. The summed E-state index contributed by atoms with van der Waals surface area (Å²) >= 11 is 0. The number of hydrogen-bond acceptors (Lipinski definition) is 2. The van der Waals surface area contributed by atoms with E-state index < -0.39 is 17.9 Å². The Kier molecular flexibility index (Phi) is 2.80. The number of rotatable bonds is 1. The van der Waals surface area contributed by atoms with Crippen LogP contribution < -0.4 is 10.5 Å². The molecule has 2 aromatic rings. The molecule has 2 aromatic carbocycles. The topological polar surface area (TPSA) is 35.2 Å². The van der Waals surface area contributed by atoms with E-state index in [0.717, 1.165) is 6.07 Å². The zero-order chi connectivity index (χ0) is 13.5. The summed E-state index contributed by atoms with van der Waals surface area (Å²) < 4.78 is 54.0. The molecular formula is C12H9F4NO. The van der Waals surface area contributed by atoms with Crippen LogP contribution >= 0.6 is 0 Å². The average molecular weight is 259 g/mol. The smallest absolute Gasteiger partial charge is 0.402 e. The third-order valence-corrected chi connectivity index (χ3v) is 2.46. The van der Waals surface area contributed by atoms with Crippen molar-refractivity contribution in [1.29, 1.82) is 0 Å². The first kappa shape index (κ1) is 12.5. The second-order valence-electron chi connectivity index (χ2n) is 3.86. The lowest BCUT2D eigenvalue weighted by Gasteiger charge is -2.14. The number of alkyl halides is 3. The van der Waals surface area contributed by atoms with Gasteiger partial charge >= 0.3 is 6.36 Å². The Labute approximate surface area is 100.0 Å². The van der Waals surface area contributed by atoms with Crippen LogP contribution in [0.2, 0.25) is 0 Å². The van der Waals surface area contributed by atoms with Crippen LogP contribution in [0.5, 0.6) is 5.75 Å². The molecule has 0 unspecified atom stereocenters. The van der Waals surface area contributed by atoms with Crippen molar-refractivity contribution in [3.05, 3.63) is 35.6 Å². The van der Waals surface area contributed by atoms with Crippen molar-refractivity contribution in [3.8, 4) is 5.75 Å². The fraction of sp³-hybridized carbons (Fsp3) is 0.167. The SMILES string of the molecule is Cc1cc(N)cc2ccc(F)c(OC(F)(F)F)c12. The maximum absolute atomic E-state index is 13.5. The summed E-state index contributed by atoms with van der Waals surface area (Å²) in [5.41, 5.74) is 6.40. The lowest BCUT2D eigenvalue weighted by Crippen LogP contribution is -2.18. The Morgan fingerprint density at radius 3 is 2.44 bits per heavy atom. The number of hydrogen-bond donors (Lipinski definition) is 1. The molecular weight excluding hydrogens is 250 g/mol. The molecule has 0 radical (unpaired) electrons. The van der Waals surface area contributed by atoms with Crippen molar-refractivity contribution < 1.29 is 22.3 Å². The molecule has 0 saturated heterocycles. The van der Waals surface area contributed by atoms with E-state index >= 15 is 0 Å². The molecule has 0 bridgehead atoms. The molecule has 96 valence electrons. The summed E-state index contributed by atoms with van der Waals surface area (Å²) in [6, 6.07) is 5.20. The zero-order valence-corrected chi connectivity index (χ0v) is 9.31. The van der Waals surface area contributed by atoms with Crippen molar-refractivity contribution in [2.45, 2.75) is 13.3 Å². The predicted molar refractivity (Wildman–Crippen MR) is 59.7 cm³/mol. The molecule has 0 aromatic heterocycles. The van der Waals surface area contributed by atoms with E-state index in [-0.39, 0.29) is 5.39 Å². The van der Waals surface area contributed by atoms with Gasteiger partial charge in [-0.15, -0.1) is 13.2 Å². The Bertz CT molecular complexity index is 607. The van der Waals surface area contributed by atoms with Gasteiger partial charge in [-0.2, -0.15) is 0 Å². The van der Waals surface area contributed by atoms with E-state index in [1.54, 1.807) is 6.92 Å². The fourth-order valence-electron chi connectivity index (χ4n) is 1.86. The highest BCUT2D eigenvalue weighted by Gasteiger charge is 2.33. The van der Waals surface area contributed by atoms with E-state index in [9.17, 15) is 17.6 Å². The van der Waals surface area contributed by atoms with Crippen LogP contribution in [0, 0.1) is 12.7 Å². The number of aryl methyl sites for hydroxylation is 1. The second-order valence-corrected chi connectivity index (χ2v) is 3.86. The minimum absolute atomic E-state index is 0.0709. The highest BCUT2D eigenvalue weighted by Crippen LogP contribution is 2.36. The monoisotopic (exact) mass is 259 g/mol. The third-order valence-electron chi connectivity index (χ3n) is 2.46. The first-order valence-corrected chi connectivity index (χ1v) is 5.02. The molecule has 0 heterocycles. The maximum atomic E-state index is 13.5. The lowest BCUT2D eigenvalue weighted by atomic mass is 10.0. The lowest BCUT2D eigenvalue weighted by molar-refractivity contribution is -0.275. The van der Waals surface area contributed by atoms with Crippen LogP contribution in [-0.4, -0.2) is 6.36 Å². The van der Waals surface area contributed by atoms with Crippen LogP contribution in [0.4, 0.5) is 23.2 Å². The summed E-state index contributed by atoms with van der Waals surface area (Å²) in [7, 11) is 0. The molecule has 2 rings (SSSR count). The van der Waals surface area contributed by atoms with Crippen molar-refractivity contribution >= 4 is 16.5 Å². The highest BCUT2D eigenvalue weighted by molar-refractivity contribution is 5.93. The summed E-state index contributed by atoms with van der Waals surface area (Å²) in [6.07, 6.45) is -4.94. The number of ether oxygens (including phenoxy) is 1. The van der Waals surface area contributed by atoms with Crippen LogP contribution in [0.15, 0.2) is 24.3 Å².